The molecule has 0 fully saturated rings. The summed E-state index contributed by atoms with van der Waals surface area (Å²) in [6.45, 7) is 6.38. The Hall–Kier alpha value is -2.74. The number of aromatic nitrogens is 1. The fourth-order valence-corrected chi connectivity index (χ4v) is 2.24. The van der Waals surface area contributed by atoms with Gasteiger partial charge in [0.05, 0.1) is 18.4 Å². The van der Waals surface area contributed by atoms with Crippen molar-refractivity contribution in [3.05, 3.63) is 47.3 Å². The molecule has 0 aliphatic heterocycles. The van der Waals surface area contributed by atoms with Crippen LogP contribution in [0, 0.1) is 11.3 Å². The number of nitrogen functional groups attached to an aromatic ring is 1. The maximum absolute atomic E-state index is 12.0. The van der Waals surface area contributed by atoms with E-state index >= 15 is 0 Å². The summed E-state index contributed by atoms with van der Waals surface area (Å²) in [6.07, 6.45) is 1.55. The lowest BCUT2D eigenvalue weighted by Crippen LogP contribution is -2.13. The van der Waals surface area contributed by atoms with Gasteiger partial charge in [-0.1, -0.05) is 32.9 Å². The second-order valence-electron chi connectivity index (χ2n) is 6.08. The van der Waals surface area contributed by atoms with E-state index in [2.05, 4.69) is 20.8 Å². The second kappa shape index (κ2) is 5.57. The van der Waals surface area contributed by atoms with Crippen molar-refractivity contribution in [2.24, 2.45) is 0 Å². The van der Waals surface area contributed by atoms with Gasteiger partial charge in [-0.25, -0.2) is 4.79 Å². The summed E-state index contributed by atoms with van der Waals surface area (Å²) in [4.78, 5) is 12.0. The number of nitriles is 1. The smallest absolute Gasteiger partial charge is 0.357 e. The first-order valence-corrected chi connectivity index (χ1v) is 6.89. The molecule has 22 heavy (non-hydrogen) atoms. The maximum Gasteiger partial charge on any atom is 0.357 e. The fourth-order valence-electron chi connectivity index (χ4n) is 2.24. The third-order valence-electron chi connectivity index (χ3n) is 3.56. The maximum atomic E-state index is 12.0. The minimum absolute atomic E-state index is 0.0389. The Kier molecular flexibility index (Phi) is 3.96. The number of carbonyl (C=O) groups is 1. The molecule has 2 aromatic rings. The number of hydrogen-bond donors (Lipinski definition) is 1. The number of esters is 1. The van der Waals surface area contributed by atoms with Crippen LogP contribution in [0.4, 0.5) is 5.69 Å². The van der Waals surface area contributed by atoms with Crippen molar-refractivity contribution in [3.63, 3.8) is 0 Å². The van der Waals surface area contributed by atoms with Crippen molar-refractivity contribution in [1.82, 2.24) is 4.57 Å². The first-order chi connectivity index (χ1) is 10.3. The topological polar surface area (TPSA) is 81.0 Å². The molecule has 5 heteroatoms. The number of carbonyl (C=O) groups excluding carboxylic acids is 1. The van der Waals surface area contributed by atoms with Crippen molar-refractivity contribution in [2.75, 3.05) is 12.8 Å². The number of nitrogens with zero attached hydrogens (tertiary/aromatic N) is 2. The van der Waals surface area contributed by atoms with Gasteiger partial charge in [0.1, 0.15) is 6.07 Å². The molecule has 0 radical (unpaired) electrons. The summed E-state index contributed by atoms with van der Waals surface area (Å²) in [6, 6.07) is 9.78. The zero-order valence-corrected chi connectivity index (χ0v) is 13.2. The normalized spacial score (nSPS) is 11.0. The van der Waals surface area contributed by atoms with E-state index in [1.807, 2.05) is 30.3 Å². The van der Waals surface area contributed by atoms with Crippen molar-refractivity contribution in [2.45, 2.75) is 26.2 Å². The van der Waals surface area contributed by atoms with E-state index in [0.29, 0.717) is 0 Å². The molecule has 1 aromatic heterocycles. The Balaban J connectivity index is 2.58. The largest absolute Gasteiger partial charge is 0.464 e. The lowest BCUT2D eigenvalue weighted by molar-refractivity contribution is 0.0593. The van der Waals surface area contributed by atoms with E-state index in [0.717, 1.165) is 5.69 Å². The lowest BCUT2D eigenvalue weighted by atomic mass is 9.87. The highest BCUT2D eigenvalue weighted by Crippen LogP contribution is 2.27. The van der Waals surface area contributed by atoms with Crippen molar-refractivity contribution in [1.29, 1.82) is 5.26 Å². The molecule has 0 spiro atoms. The Morgan fingerprint density at radius 2 is 1.86 bits per heavy atom. The number of anilines is 1. The van der Waals surface area contributed by atoms with Crippen LogP contribution in [-0.4, -0.2) is 17.6 Å². The molecule has 2 N–H and O–H groups in total. The van der Waals surface area contributed by atoms with Gasteiger partial charge in [-0.3, -0.25) is 0 Å². The SMILES string of the molecule is COC(=O)c1c(N)c(C#N)cn1-c1ccc(C(C)(C)C)cc1. The summed E-state index contributed by atoms with van der Waals surface area (Å²) in [5.74, 6) is -0.570. The summed E-state index contributed by atoms with van der Waals surface area (Å²) in [7, 11) is 1.29. The van der Waals surface area contributed by atoms with Gasteiger partial charge in [0.15, 0.2) is 5.69 Å². The number of rotatable bonds is 2. The molecular weight excluding hydrogens is 278 g/mol. The molecule has 0 aliphatic rings. The molecule has 0 bridgehead atoms. The molecule has 5 nitrogen and oxygen atoms in total. The van der Waals surface area contributed by atoms with E-state index in [4.69, 9.17) is 15.7 Å². The molecule has 2 rings (SSSR count). The number of hydrogen-bond acceptors (Lipinski definition) is 4. The van der Waals surface area contributed by atoms with E-state index in [-0.39, 0.29) is 22.4 Å². The van der Waals surface area contributed by atoms with Crippen LogP contribution in [0.1, 0.15) is 42.4 Å². The number of ether oxygens (including phenoxy) is 1. The Morgan fingerprint density at radius 1 is 1.27 bits per heavy atom. The zero-order valence-electron chi connectivity index (χ0n) is 13.2. The van der Waals surface area contributed by atoms with E-state index in [1.54, 1.807) is 10.8 Å². The van der Waals surface area contributed by atoms with Crippen LogP contribution in [0.3, 0.4) is 0 Å². The first kappa shape index (κ1) is 15.6. The Morgan fingerprint density at radius 3 is 2.32 bits per heavy atom. The molecule has 1 heterocycles. The van der Waals surface area contributed by atoms with E-state index in [9.17, 15) is 4.79 Å². The lowest BCUT2D eigenvalue weighted by Gasteiger charge is -2.19. The van der Waals surface area contributed by atoms with Crippen LogP contribution in [0.2, 0.25) is 0 Å². The second-order valence-corrected chi connectivity index (χ2v) is 6.08. The molecule has 1 aromatic carbocycles. The van der Waals surface area contributed by atoms with Crippen molar-refractivity contribution < 1.29 is 9.53 Å². The van der Waals surface area contributed by atoms with Gasteiger partial charge >= 0.3 is 5.97 Å². The molecule has 0 aliphatic carbocycles. The number of methoxy groups -OCH3 is 1. The van der Waals surface area contributed by atoms with Gasteiger partial charge < -0.3 is 15.0 Å². The molecular formula is C17H19N3O2. The first-order valence-electron chi connectivity index (χ1n) is 6.89. The summed E-state index contributed by atoms with van der Waals surface area (Å²) >= 11 is 0. The van der Waals surface area contributed by atoms with Crippen LogP contribution in [0.25, 0.3) is 5.69 Å². The van der Waals surface area contributed by atoms with Gasteiger partial charge in [-0.2, -0.15) is 5.26 Å². The van der Waals surface area contributed by atoms with Crippen LogP contribution >= 0.6 is 0 Å². The average Bonchev–Trinajstić information content (AvgIpc) is 2.82. The van der Waals surface area contributed by atoms with Gasteiger partial charge in [-0.15, -0.1) is 0 Å². The molecule has 114 valence electrons. The highest BCUT2D eigenvalue weighted by Gasteiger charge is 2.22. The highest BCUT2D eigenvalue weighted by atomic mass is 16.5. The number of nitrogens with two attached hydrogens (primary N) is 1. The summed E-state index contributed by atoms with van der Waals surface area (Å²) < 4.78 is 6.36. The van der Waals surface area contributed by atoms with Crippen molar-refractivity contribution in [3.8, 4) is 11.8 Å². The molecule has 0 saturated carbocycles. The summed E-state index contributed by atoms with van der Waals surface area (Å²) in [5, 5.41) is 9.11. The molecule has 0 saturated heterocycles. The standard InChI is InChI=1S/C17H19N3O2/c1-17(2,3)12-5-7-13(8-6-12)20-10-11(9-18)14(19)15(20)16(21)22-4/h5-8,10H,19H2,1-4H3. The quantitative estimate of drug-likeness (QED) is 0.864. The van der Waals surface area contributed by atoms with Gasteiger partial charge in [0, 0.05) is 11.9 Å². The number of benzene rings is 1. The van der Waals surface area contributed by atoms with Crippen molar-refractivity contribution >= 4 is 11.7 Å². The minimum Gasteiger partial charge on any atom is -0.464 e. The third-order valence-corrected chi connectivity index (χ3v) is 3.56. The summed E-state index contributed by atoms with van der Waals surface area (Å²) in [5.41, 5.74) is 8.40. The van der Waals surface area contributed by atoms with Crippen LogP contribution in [0.5, 0.6) is 0 Å². The molecule has 0 amide bonds. The van der Waals surface area contributed by atoms with Crippen LogP contribution in [0.15, 0.2) is 30.5 Å². The Bertz CT molecular complexity index is 744. The van der Waals surface area contributed by atoms with Crippen LogP contribution in [-0.2, 0) is 10.2 Å². The predicted octanol–water partition coefficient (Wildman–Crippen LogP) is 3.02. The highest BCUT2D eigenvalue weighted by molar-refractivity contribution is 5.95. The van der Waals surface area contributed by atoms with Crippen LogP contribution < -0.4 is 5.73 Å². The fraction of sp³-hybridized carbons (Fsp3) is 0.294. The van der Waals surface area contributed by atoms with Gasteiger partial charge in [0.2, 0.25) is 0 Å². The Labute approximate surface area is 129 Å². The average molecular weight is 297 g/mol. The van der Waals surface area contributed by atoms with E-state index in [1.165, 1.54) is 12.7 Å². The predicted molar refractivity (Wildman–Crippen MR) is 84.9 cm³/mol. The minimum atomic E-state index is -0.570. The molecule has 0 atom stereocenters. The third kappa shape index (κ3) is 2.68. The monoisotopic (exact) mass is 297 g/mol. The van der Waals surface area contributed by atoms with Gasteiger partial charge in [-0.05, 0) is 23.1 Å². The van der Waals surface area contributed by atoms with E-state index < -0.39 is 5.97 Å². The molecule has 0 unspecified atom stereocenters. The zero-order chi connectivity index (χ0) is 16.5. The van der Waals surface area contributed by atoms with Gasteiger partial charge in [0.25, 0.3) is 0 Å².